The number of halogens is 1. The maximum atomic E-state index is 13.3. The van der Waals surface area contributed by atoms with E-state index in [0.717, 1.165) is 6.20 Å². The van der Waals surface area contributed by atoms with Crippen molar-refractivity contribution in [3.05, 3.63) is 36.0 Å². The molecule has 2 heterocycles. The van der Waals surface area contributed by atoms with Crippen molar-refractivity contribution in [3.8, 4) is 11.6 Å². The Bertz CT molecular complexity index is 553. The number of rotatable bonds is 5. The van der Waals surface area contributed by atoms with Gasteiger partial charge >= 0.3 is 0 Å². The van der Waals surface area contributed by atoms with Gasteiger partial charge in [0, 0.05) is 25.2 Å². The fraction of sp³-hybridized carbons (Fsp3) is 0.385. The molecule has 0 saturated carbocycles. The summed E-state index contributed by atoms with van der Waals surface area (Å²) in [4.78, 5) is 3.99. The maximum Gasteiger partial charge on any atom is 0.224 e. The quantitative estimate of drug-likeness (QED) is 0.900. The zero-order valence-electron chi connectivity index (χ0n) is 11.2. The van der Waals surface area contributed by atoms with Crippen LogP contribution in [-0.4, -0.2) is 20.8 Å². The van der Waals surface area contributed by atoms with Crippen LogP contribution in [0.2, 0.25) is 0 Å². The molecule has 0 unspecified atom stereocenters. The lowest BCUT2D eigenvalue weighted by Crippen LogP contribution is -2.22. The first kappa shape index (κ1) is 13.5. The first-order valence-corrected chi connectivity index (χ1v) is 6.09. The second kappa shape index (κ2) is 5.79. The van der Waals surface area contributed by atoms with Crippen LogP contribution in [0.15, 0.2) is 24.7 Å². The Morgan fingerprint density at radius 1 is 1.42 bits per heavy atom. The van der Waals surface area contributed by atoms with E-state index in [2.05, 4.69) is 15.4 Å². The van der Waals surface area contributed by atoms with Crippen LogP contribution in [0.3, 0.4) is 0 Å². The van der Waals surface area contributed by atoms with Crippen molar-refractivity contribution in [2.24, 2.45) is 7.05 Å². The molecule has 0 aromatic carbocycles. The van der Waals surface area contributed by atoms with Crippen LogP contribution in [0.5, 0.6) is 11.6 Å². The van der Waals surface area contributed by atoms with E-state index in [1.54, 1.807) is 24.1 Å². The Labute approximate surface area is 111 Å². The summed E-state index contributed by atoms with van der Waals surface area (Å²) in [5.74, 6) is 0.592. The molecule has 0 atom stereocenters. The molecule has 1 N–H and O–H groups in total. The van der Waals surface area contributed by atoms with Crippen LogP contribution in [-0.2, 0) is 13.6 Å². The highest BCUT2D eigenvalue weighted by Crippen LogP contribution is 2.23. The summed E-state index contributed by atoms with van der Waals surface area (Å²) in [5, 5.41) is 7.22. The lowest BCUT2D eigenvalue weighted by molar-refractivity contribution is 0.445. The summed E-state index contributed by atoms with van der Waals surface area (Å²) in [6.45, 7) is 4.54. The molecule has 2 rings (SSSR count). The third-order valence-electron chi connectivity index (χ3n) is 2.49. The van der Waals surface area contributed by atoms with E-state index in [0.29, 0.717) is 29.8 Å². The van der Waals surface area contributed by atoms with Gasteiger partial charge in [-0.05, 0) is 6.07 Å². The highest BCUT2D eigenvalue weighted by atomic mass is 19.1. The van der Waals surface area contributed by atoms with Crippen LogP contribution in [0, 0.1) is 5.82 Å². The van der Waals surface area contributed by atoms with E-state index in [1.165, 1.54) is 6.07 Å². The smallest absolute Gasteiger partial charge is 0.224 e. The van der Waals surface area contributed by atoms with Crippen LogP contribution in [0.25, 0.3) is 0 Å². The van der Waals surface area contributed by atoms with E-state index in [1.807, 2.05) is 13.8 Å². The monoisotopic (exact) mass is 264 g/mol. The zero-order chi connectivity index (χ0) is 13.8. The van der Waals surface area contributed by atoms with E-state index in [-0.39, 0.29) is 5.82 Å². The average molecular weight is 264 g/mol. The minimum absolute atomic E-state index is 0.300. The minimum atomic E-state index is -0.376. The number of pyridine rings is 1. The Morgan fingerprint density at radius 2 is 2.21 bits per heavy atom. The Hall–Kier alpha value is -1.95. The lowest BCUT2D eigenvalue weighted by atomic mass is 10.2. The van der Waals surface area contributed by atoms with Crippen LogP contribution in [0.1, 0.15) is 19.4 Å². The summed E-state index contributed by atoms with van der Waals surface area (Å²) < 4.78 is 20.5. The Morgan fingerprint density at radius 3 is 2.84 bits per heavy atom. The first-order valence-electron chi connectivity index (χ1n) is 6.09. The van der Waals surface area contributed by atoms with Gasteiger partial charge < -0.3 is 10.1 Å². The summed E-state index contributed by atoms with van der Waals surface area (Å²) >= 11 is 0. The second-order valence-electron chi connectivity index (χ2n) is 4.61. The molecule has 102 valence electrons. The minimum Gasteiger partial charge on any atom is -0.435 e. The molecule has 0 aliphatic carbocycles. The number of hydrogen-bond acceptors (Lipinski definition) is 4. The lowest BCUT2D eigenvalue weighted by Gasteiger charge is -2.11. The van der Waals surface area contributed by atoms with E-state index < -0.39 is 0 Å². The molecule has 0 aliphatic heterocycles. The second-order valence-corrected chi connectivity index (χ2v) is 4.61. The highest BCUT2D eigenvalue weighted by Gasteiger charge is 2.10. The van der Waals surface area contributed by atoms with Crippen LogP contribution in [0.4, 0.5) is 4.39 Å². The number of aryl methyl sites for hydroxylation is 1. The molecule has 6 heteroatoms. The topological polar surface area (TPSA) is 52.0 Å². The first-order chi connectivity index (χ1) is 9.04. The normalized spacial score (nSPS) is 11.0. The predicted molar refractivity (Wildman–Crippen MR) is 69.5 cm³/mol. The maximum absolute atomic E-state index is 13.3. The standard InChI is InChI=1S/C13H17FN4O/c1-9(2)15-5-10-4-11(14)6-16-13(10)19-12-7-17-18(3)8-12/h4,6-9,15H,5H2,1-3H3. The molecule has 0 fully saturated rings. The third-order valence-corrected chi connectivity index (χ3v) is 2.49. The van der Waals surface area contributed by atoms with Crippen molar-refractivity contribution in [1.82, 2.24) is 20.1 Å². The molecular weight excluding hydrogens is 247 g/mol. The molecule has 0 amide bonds. The largest absolute Gasteiger partial charge is 0.435 e. The van der Waals surface area contributed by atoms with Gasteiger partial charge in [-0.1, -0.05) is 13.8 Å². The van der Waals surface area contributed by atoms with Crippen molar-refractivity contribution in [3.63, 3.8) is 0 Å². The molecule has 2 aromatic heterocycles. The number of nitrogens with zero attached hydrogens (tertiary/aromatic N) is 3. The van der Waals surface area contributed by atoms with Gasteiger partial charge in [0.15, 0.2) is 5.75 Å². The van der Waals surface area contributed by atoms with E-state index >= 15 is 0 Å². The third kappa shape index (κ3) is 3.75. The highest BCUT2D eigenvalue weighted by molar-refractivity contribution is 5.30. The van der Waals surface area contributed by atoms with Crippen molar-refractivity contribution in [2.45, 2.75) is 26.4 Å². The molecule has 5 nitrogen and oxygen atoms in total. The van der Waals surface area contributed by atoms with E-state index in [9.17, 15) is 4.39 Å². The fourth-order valence-corrected chi connectivity index (χ4v) is 1.56. The van der Waals surface area contributed by atoms with Crippen molar-refractivity contribution in [2.75, 3.05) is 0 Å². The Kier molecular flexibility index (Phi) is 4.11. The number of ether oxygens (including phenoxy) is 1. The van der Waals surface area contributed by atoms with Crippen LogP contribution >= 0.6 is 0 Å². The summed E-state index contributed by atoms with van der Waals surface area (Å²) in [7, 11) is 1.80. The molecule has 19 heavy (non-hydrogen) atoms. The molecule has 0 radical (unpaired) electrons. The van der Waals surface area contributed by atoms with Crippen LogP contribution < -0.4 is 10.1 Å². The molecular formula is C13H17FN4O. The molecule has 2 aromatic rings. The average Bonchev–Trinajstić information content (AvgIpc) is 2.75. The van der Waals surface area contributed by atoms with Gasteiger partial charge in [-0.3, -0.25) is 4.68 Å². The zero-order valence-corrected chi connectivity index (χ0v) is 11.2. The number of nitrogens with one attached hydrogen (secondary N) is 1. The summed E-state index contributed by atoms with van der Waals surface area (Å²) in [6.07, 6.45) is 4.46. The van der Waals surface area contributed by atoms with Gasteiger partial charge in [-0.15, -0.1) is 0 Å². The number of hydrogen-bond donors (Lipinski definition) is 1. The summed E-state index contributed by atoms with van der Waals surface area (Å²) in [5.41, 5.74) is 0.678. The van der Waals surface area contributed by atoms with E-state index in [4.69, 9.17) is 4.74 Å². The fourth-order valence-electron chi connectivity index (χ4n) is 1.56. The van der Waals surface area contributed by atoms with Crippen molar-refractivity contribution < 1.29 is 9.13 Å². The summed E-state index contributed by atoms with van der Waals surface area (Å²) in [6, 6.07) is 1.73. The van der Waals surface area contributed by atoms with Gasteiger partial charge in [0.05, 0.1) is 18.6 Å². The van der Waals surface area contributed by atoms with Gasteiger partial charge in [-0.2, -0.15) is 5.10 Å². The SMILES string of the molecule is CC(C)NCc1cc(F)cnc1Oc1cnn(C)c1. The Balaban J connectivity index is 2.18. The molecule has 0 saturated heterocycles. The molecule has 0 bridgehead atoms. The van der Waals surface area contributed by atoms with Crippen molar-refractivity contribution >= 4 is 0 Å². The van der Waals surface area contributed by atoms with Gasteiger partial charge in [0.2, 0.25) is 5.88 Å². The molecule has 0 aliphatic rings. The molecule has 0 spiro atoms. The van der Waals surface area contributed by atoms with Gasteiger partial charge in [0.25, 0.3) is 0 Å². The van der Waals surface area contributed by atoms with Crippen molar-refractivity contribution in [1.29, 1.82) is 0 Å². The number of aromatic nitrogens is 3. The van der Waals surface area contributed by atoms with Gasteiger partial charge in [0.1, 0.15) is 5.82 Å². The van der Waals surface area contributed by atoms with Gasteiger partial charge in [-0.25, -0.2) is 9.37 Å². The predicted octanol–water partition coefficient (Wildman–Crippen LogP) is 2.24.